The number of carbonyl (C=O) groups excluding carboxylic acids is 1. The molecule has 0 aliphatic heterocycles. The Morgan fingerprint density at radius 1 is 1.08 bits per heavy atom. The molecule has 1 amide bonds. The highest BCUT2D eigenvalue weighted by atomic mass is 32.1. The molecule has 3 aromatic rings. The summed E-state index contributed by atoms with van der Waals surface area (Å²) >= 11 is 1.11. The Hall–Kier alpha value is -2.81. The van der Waals surface area contributed by atoms with E-state index in [0.29, 0.717) is 5.01 Å². The predicted molar refractivity (Wildman–Crippen MR) is 82.5 cm³/mol. The first-order valence-electron chi connectivity index (χ1n) is 6.66. The lowest BCUT2D eigenvalue weighted by Crippen LogP contribution is -2.13. The first-order chi connectivity index (χ1) is 11.4. The fourth-order valence-electron chi connectivity index (χ4n) is 1.89. The van der Waals surface area contributed by atoms with Crippen LogP contribution < -0.4 is 5.32 Å². The summed E-state index contributed by atoms with van der Waals surface area (Å²) < 4.78 is 38.1. The van der Waals surface area contributed by atoms with Gasteiger partial charge in [-0.3, -0.25) is 15.1 Å². The second kappa shape index (κ2) is 6.36. The van der Waals surface area contributed by atoms with Crippen molar-refractivity contribution in [2.75, 3.05) is 5.32 Å². The lowest BCUT2D eigenvalue weighted by molar-refractivity contribution is -0.137. The Morgan fingerprint density at radius 2 is 1.83 bits per heavy atom. The lowest BCUT2D eigenvalue weighted by atomic mass is 10.1. The number of hydrogen-bond donors (Lipinski definition) is 1. The van der Waals surface area contributed by atoms with Gasteiger partial charge in [-0.25, -0.2) is 0 Å². The van der Waals surface area contributed by atoms with Crippen molar-refractivity contribution in [2.45, 2.75) is 6.18 Å². The van der Waals surface area contributed by atoms with E-state index in [1.807, 2.05) is 0 Å². The van der Waals surface area contributed by atoms with Crippen molar-refractivity contribution < 1.29 is 18.0 Å². The molecule has 2 aromatic heterocycles. The molecule has 0 unspecified atom stereocenters. The van der Waals surface area contributed by atoms with E-state index in [4.69, 9.17) is 0 Å². The van der Waals surface area contributed by atoms with Crippen molar-refractivity contribution in [1.82, 2.24) is 15.2 Å². The number of amides is 1. The molecule has 0 fully saturated rings. The third-order valence-electron chi connectivity index (χ3n) is 3.02. The van der Waals surface area contributed by atoms with Crippen LogP contribution in [0.15, 0.2) is 48.8 Å². The number of nitrogens with zero attached hydrogens (tertiary/aromatic N) is 3. The summed E-state index contributed by atoms with van der Waals surface area (Å²) in [7, 11) is 0. The van der Waals surface area contributed by atoms with Crippen LogP contribution in [0.2, 0.25) is 0 Å². The molecule has 0 atom stereocenters. The summed E-state index contributed by atoms with van der Waals surface area (Å²) in [5.41, 5.74) is -0.211. The zero-order chi connectivity index (χ0) is 17.2. The van der Waals surface area contributed by atoms with Crippen molar-refractivity contribution in [1.29, 1.82) is 0 Å². The number of rotatable bonds is 3. The van der Waals surface area contributed by atoms with Crippen LogP contribution in [0, 0.1) is 0 Å². The van der Waals surface area contributed by atoms with Gasteiger partial charge in [-0.1, -0.05) is 17.4 Å². The van der Waals surface area contributed by atoms with E-state index in [2.05, 4.69) is 20.5 Å². The summed E-state index contributed by atoms with van der Waals surface area (Å²) in [6, 6.07) is 7.65. The van der Waals surface area contributed by atoms with E-state index in [1.54, 1.807) is 24.5 Å². The lowest BCUT2D eigenvalue weighted by Gasteiger charge is -2.08. The molecule has 0 saturated carbocycles. The summed E-state index contributed by atoms with van der Waals surface area (Å²) in [5.74, 6) is -0.682. The maximum Gasteiger partial charge on any atom is 0.416 e. The number of hydrogen-bond acceptors (Lipinski definition) is 5. The van der Waals surface area contributed by atoms with Crippen molar-refractivity contribution in [3.8, 4) is 10.6 Å². The van der Waals surface area contributed by atoms with Gasteiger partial charge in [0.05, 0.1) is 5.56 Å². The van der Waals surface area contributed by atoms with Gasteiger partial charge in [0.1, 0.15) is 5.01 Å². The third-order valence-corrected chi connectivity index (χ3v) is 3.91. The number of carbonyl (C=O) groups is 1. The maximum atomic E-state index is 12.7. The molecule has 0 bridgehead atoms. The molecule has 3 rings (SSSR count). The molecule has 0 aliphatic rings. The number of alkyl halides is 3. The van der Waals surface area contributed by atoms with Gasteiger partial charge in [-0.15, -0.1) is 10.2 Å². The Morgan fingerprint density at radius 3 is 2.54 bits per heavy atom. The minimum atomic E-state index is -4.51. The molecule has 0 spiro atoms. The number of halogens is 3. The van der Waals surface area contributed by atoms with Crippen molar-refractivity contribution in [3.63, 3.8) is 0 Å². The monoisotopic (exact) mass is 350 g/mol. The second-order valence-electron chi connectivity index (χ2n) is 4.68. The van der Waals surface area contributed by atoms with Gasteiger partial charge in [0.15, 0.2) is 0 Å². The van der Waals surface area contributed by atoms with Gasteiger partial charge in [0, 0.05) is 23.5 Å². The zero-order valence-corrected chi connectivity index (χ0v) is 12.7. The number of pyridine rings is 1. The van der Waals surface area contributed by atoms with E-state index in [0.717, 1.165) is 29.0 Å². The summed E-state index contributed by atoms with van der Waals surface area (Å²) in [5, 5.41) is 11.0. The molecule has 2 heterocycles. The largest absolute Gasteiger partial charge is 0.416 e. The van der Waals surface area contributed by atoms with Crippen LogP contribution in [0.5, 0.6) is 0 Å². The molecular formula is C15H9F3N4OS. The van der Waals surface area contributed by atoms with E-state index in [9.17, 15) is 18.0 Å². The van der Waals surface area contributed by atoms with E-state index < -0.39 is 17.6 Å². The highest BCUT2D eigenvalue weighted by Gasteiger charge is 2.30. The molecule has 0 aliphatic carbocycles. The number of anilines is 1. The van der Waals surface area contributed by atoms with Crippen molar-refractivity contribution >= 4 is 22.4 Å². The third kappa shape index (κ3) is 3.57. The molecule has 0 saturated heterocycles. The van der Waals surface area contributed by atoms with Crippen LogP contribution in [-0.4, -0.2) is 21.1 Å². The average molecular weight is 350 g/mol. The SMILES string of the molecule is O=C(Nc1nnc(-c2ccncc2)s1)c1cccc(C(F)(F)F)c1. The van der Waals surface area contributed by atoms with E-state index >= 15 is 0 Å². The van der Waals surface area contributed by atoms with Gasteiger partial charge in [0.2, 0.25) is 5.13 Å². The smallest absolute Gasteiger partial charge is 0.296 e. The number of aromatic nitrogens is 3. The van der Waals surface area contributed by atoms with Crippen LogP contribution in [0.1, 0.15) is 15.9 Å². The molecule has 1 aromatic carbocycles. The summed E-state index contributed by atoms with van der Waals surface area (Å²) in [4.78, 5) is 16.0. The Labute approximate surface area is 138 Å². The zero-order valence-electron chi connectivity index (χ0n) is 11.9. The first-order valence-corrected chi connectivity index (χ1v) is 7.47. The summed E-state index contributed by atoms with van der Waals surface area (Å²) in [6.45, 7) is 0. The fraction of sp³-hybridized carbons (Fsp3) is 0.0667. The Kier molecular flexibility index (Phi) is 4.26. The molecule has 5 nitrogen and oxygen atoms in total. The Balaban J connectivity index is 1.77. The van der Waals surface area contributed by atoms with Crippen LogP contribution in [0.25, 0.3) is 10.6 Å². The minimum absolute atomic E-state index is 0.106. The van der Waals surface area contributed by atoms with Crippen molar-refractivity contribution in [2.24, 2.45) is 0 Å². The van der Waals surface area contributed by atoms with Gasteiger partial charge in [-0.05, 0) is 30.3 Å². The maximum absolute atomic E-state index is 12.7. The molecule has 0 radical (unpaired) electrons. The van der Waals surface area contributed by atoms with Gasteiger partial charge >= 0.3 is 6.18 Å². The number of benzene rings is 1. The Bertz CT molecular complexity index is 864. The fourth-order valence-corrected chi connectivity index (χ4v) is 2.64. The van der Waals surface area contributed by atoms with Gasteiger partial charge < -0.3 is 0 Å². The highest BCUT2D eigenvalue weighted by molar-refractivity contribution is 7.18. The average Bonchev–Trinajstić information content (AvgIpc) is 3.03. The minimum Gasteiger partial charge on any atom is -0.296 e. The summed E-state index contributed by atoms with van der Waals surface area (Å²) in [6.07, 6.45) is -1.32. The van der Waals surface area contributed by atoms with Gasteiger partial charge in [0.25, 0.3) is 5.91 Å². The van der Waals surface area contributed by atoms with E-state index in [-0.39, 0.29) is 10.7 Å². The standard InChI is InChI=1S/C15H9F3N4OS/c16-15(17,18)11-3-1-2-10(8-11)12(23)20-14-22-21-13(24-14)9-4-6-19-7-5-9/h1-8H,(H,20,22,23). The second-order valence-corrected chi connectivity index (χ2v) is 5.66. The normalized spacial score (nSPS) is 11.3. The van der Waals surface area contributed by atoms with Crippen LogP contribution in [0.3, 0.4) is 0 Å². The van der Waals surface area contributed by atoms with Crippen LogP contribution in [0.4, 0.5) is 18.3 Å². The molecule has 122 valence electrons. The van der Waals surface area contributed by atoms with Gasteiger partial charge in [-0.2, -0.15) is 13.2 Å². The first kappa shape index (κ1) is 16.1. The highest BCUT2D eigenvalue weighted by Crippen LogP contribution is 2.30. The molecule has 1 N–H and O–H groups in total. The van der Waals surface area contributed by atoms with E-state index in [1.165, 1.54) is 12.1 Å². The van der Waals surface area contributed by atoms with Crippen LogP contribution >= 0.6 is 11.3 Å². The quantitative estimate of drug-likeness (QED) is 0.779. The molecule has 9 heteroatoms. The predicted octanol–water partition coefficient (Wildman–Crippen LogP) is 3.87. The number of nitrogens with one attached hydrogen (secondary N) is 1. The topological polar surface area (TPSA) is 67.8 Å². The van der Waals surface area contributed by atoms with Crippen LogP contribution in [-0.2, 0) is 6.18 Å². The molecule has 24 heavy (non-hydrogen) atoms. The van der Waals surface area contributed by atoms with Crippen molar-refractivity contribution in [3.05, 3.63) is 59.9 Å². The molecular weight excluding hydrogens is 341 g/mol.